The highest BCUT2D eigenvalue weighted by Crippen LogP contribution is 2.32. The van der Waals surface area contributed by atoms with Crippen LogP contribution in [0.25, 0.3) is 0 Å². The largest absolute Gasteiger partial charge is 0.352 e. The van der Waals surface area contributed by atoms with E-state index in [1.807, 2.05) is 31.2 Å². The molecule has 0 spiro atoms. The molecule has 0 radical (unpaired) electrons. The van der Waals surface area contributed by atoms with E-state index in [1.165, 1.54) is 24.3 Å². The van der Waals surface area contributed by atoms with Gasteiger partial charge in [-0.05, 0) is 48.7 Å². The number of nitrogens with zero attached hydrogens (tertiary/aromatic N) is 3. The molecule has 4 rings (SSSR count). The Labute approximate surface area is 184 Å². The second kappa shape index (κ2) is 9.13. The van der Waals surface area contributed by atoms with Gasteiger partial charge >= 0.3 is 0 Å². The third-order valence-corrected chi connectivity index (χ3v) is 5.47. The number of fused-ring (bicyclic) bond motifs is 1. The van der Waals surface area contributed by atoms with E-state index in [4.69, 9.17) is 0 Å². The van der Waals surface area contributed by atoms with Gasteiger partial charge in [0.25, 0.3) is 11.5 Å². The van der Waals surface area contributed by atoms with Gasteiger partial charge in [0.05, 0.1) is 6.54 Å². The quantitative estimate of drug-likeness (QED) is 0.647. The summed E-state index contributed by atoms with van der Waals surface area (Å²) in [6.45, 7) is 2.27. The summed E-state index contributed by atoms with van der Waals surface area (Å²) in [4.78, 5) is 39.2. The number of hydrogen-bond acceptors (Lipinski definition) is 4. The maximum atomic E-state index is 13.1. The molecule has 2 aromatic carbocycles. The van der Waals surface area contributed by atoms with Crippen molar-refractivity contribution < 1.29 is 14.0 Å². The summed E-state index contributed by atoms with van der Waals surface area (Å²) >= 11 is 0. The van der Waals surface area contributed by atoms with Crippen LogP contribution >= 0.6 is 0 Å². The Morgan fingerprint density at radius 2 is 1.84 bits per heavy atom. The van der Waals surface area contributed by atoms with Gasteiger partial charge in [0.1, 0.15) is 11.5 Å². The second-order valence-electron chi connectivity index (χ2n) is 7.79. The van der Waals surface area contributed by atoms with Gasteiger partial charge in [-0.1, -0.05) is 30.3 Å². The van der Waals surface area contributed by atoms with Crippen molar-refractivity contribution in [3.8, 4) is 0 Å². The van der Waals surface area contributed by atoms with Crippen molar-refractivity contribution in [2.24, 2.45) is 0 Å². The molecule has 2 amide bonds. The molecule has 3 aromatic rings. The Kier molecular flexibility index (Phi) is 6.11. The lowest BCUT2D eigenvalue weighted by molar-refractivity contribution is -0.121. The molecule has 164 valence electrons. The summed E-state index contributed by atoms with van der Waals surface area (Å²) in [6.07, 6.45) is 0.782. The van der Waals surface area contributed by atoms with Crippen LogP contribution in [-0.2, 0) is 24.3 Å². The SMILES string of the molecule is C[C@H]1Cc2ccccc2N1C(=O)c1ccc(=O)n(CCC(=O)NCc2ccc(F)cc2)n1. The van der Waals surface area contributed by atoms with E-state index in [9.17, 15) is 18.8 Å². The molecule has 0 aliphatic carbocycles. The Bertz CT molecular complexity index is 1210. The number of hydrogen-bond donors (Lipinski definition) is 1. The first-order valence-corrected chi connectivity index (χ1v) is 10.4. The Morgan fingerprint density at radius 3 is 2.62 bits per heavy atom. The van der Waals surface area contributed by atoms with Gasteiger partial charge in [-0.3, -0.25) is 14.4 Å². The molecule has 1 atom stereocenters. The lowest BCUT2D eigenvalue weighted by Gasteiger charge is -2.22. The number of anilines is 1. The molecule has 0 saturated heterocycles. The lowest BCUT2D eigenvalue weighted by atomic mass is 10.1. The van der Waals surface area contributed by atoms with E-state index in [-0.39, 0.29) is 54.4 Å². The summed E-state index contributed by atoms with van der Waals surface area (Å²) in [5, 5.41) is 6.94. The molecule has 0 saturated carbocycles. The molecular formula is C24H23FN4O3. The maximum absolute atomic E-state index is 13.1. The fourth-order valence-electron chi connectivity index (χ4n) is 3.82. The van der Waals surface area contributed by atoms with Crippen LogP contribution in [0.15, 0.2) is 65.5 Å². The molecule has 7 nitrogen and oxygen atoms in total. The number of rotatable bonds is 6. The summed E-state index contributed by atoms with van der Waals surface area (Å²) in [5.41, 5.74) is 2.48. The van der Waals surface area contributed by atoms with Crippen molar-refractivity contribution >= 4 is 17.5 Å². The standard InChI is InChI=1S/C24H23FN4O3/c1-16-14-18-4-2-3-5-21(18)29(16)24(32)20-10-11-23(31)28(27-20)13-12-22(30)26-15-17-6-8-19(25)9-7-17/h2-11,16H,12-15H2,1H3,(H,26,30)/t16-/m0/s1. The number of halogens is 1. The molecule has 2 heterocycles. The first-order valence-electron chi connectivity index (χ1n) is 10.4. The van der Waals surface area contributed by atoms with Crippen LogP contribution in [0.4, 0.5) is 10.1 Å². The number of nitrogens with one attached hydrogen (secondary N) is 1. The first-order chi connectivity index (χ1) is 15.4. The van der Waals surface area contributed by atoms with E-state index >= 15 is 0 Å². The Balaban J connectivity index is 1.41. The van der Waals surface area contributed by atoms with Gasteiger partial charge in [-0.2, -0.15) is 5.10 Å². The maximum Gasteiger partial charge on any atom is 0.278 e. The molecule has 1 N–H and O–H groups in total. The fourth-order valence-corrected chi connectivity index (χ4v) is 3.82. The highest BCUT2D eigenvalue weighted by atomic mass is 19.1. The zero-order valence-electron chi connectivity index (χ0n) is 17.6. The van der Waals surface area contributed by atoms with E-state index < -0.39 is 0 Å². The molecular weight excluding hydrogens is 411 g/mol. The van der Waals surface area contributed by atoms with E-state index in [2.05, 4.69) is 10.4 Å². The smallest absolute Gasteiger partial charge is 0.278 e. The van der Waals surface area contributed by atoms with Gasteiger partial charge in [0, 0.05) is 30.8 Å². The Hall–Kier alpha value is -3.81. The molecule has 1 aliphatic heterocycles. The number of amides is 2. The van der Waals surface area contributed by atoms with Crippen LogP contribution < -0.4 is 15.8 Å². The molecule has 0 unspecified atom stereocenters. The van der Waals surface area contributed by atoms with E-state index in [1.54, 1.807) is 17.0 Å². The average Bonchev–Trinajstić information content (AvgIpc) is 3.13. The molecule has 32 heavy (non-hydrogen) atoms. The molecule has 8 heteroatoms. The van der Waals surface area contributed by atoms with Crippen molar-refractivity contribution in [3.63, 3.8) is 0 Å². The third kappa shape index (κ3) is 4.59. The predicted molar refractivity (Wildman–Crippen MR) is 118 cm³/mol. The normalized spacial score (nSPS) is 14.8. The van der Waals surface area contributed by atoms with Crippen molar-refractivity contribution in [3.05, 3.63) is 93.7 Å². The summed E-state index contributed by atoms with van der Waals surface area (Å²) in [7, 11) is 0. The zero-order valence-corrected chi connectivity index (χ0v) is 17.6. The van der Waals surface area contributed by atoms with Crippen LogP contribution in [0.5, 0.6) is 0 Å². The van der Waals surface area contributed by atoms with E-state index in [0.717, 1.165) is 27.9 Å². The highest BCUT2D eigenvalue weighted by molar-refractivity contribution is 6.06. The topological polar surface area (TPSA) is 84.3 Å². The highest BCUT2D eigenvalue weighted by Gasteiger charge is 2.32. The van der Waals surface area contributed by atoms with Crippen molar-refractivity contribution in [2.45, 2.75) is 38.9 Å². The van der Waals surface area contributed by atoms with Gasteiger partial charge in [0.15, 0.2) is 0 Å². The van der Waals surface area contributed by atoms with Crippen LogP contribution in [0.1, 0.15) is 35.0 Å². The summed E-state index contributed by atoms with van der Waals surface area (Å²) < 4.78 is 14.1. The number of carbonyl (C=O) groups excluding carboxylic acids is 2. The molecule has 1 aromatic heterocycles. The van der Waals surface area contributed by atoms with Crippen LogP contribution in [0.2, 0.25) is 0 Å². The van der Waals surface area contributed by atoms with Crippen LogP contribution in [0.3, 0.4) is 0 Å². The zero-order chi connectivity index (χ0) is 22.7. The first kappa shape index (κ1) is 21.4. The molecule has 0 bridgehead atoms. The van der Waals surface area contributed by atoms with Crippen LogP contribution in [-0.4, -0.2) is 27.6 Å². The molecule has 1 aliphatic rings. The van der Waals surface area contributed by atoms with E-state index in [0.29, 0.717) is 0 Å². The summed E-state index contributed by atoms with van der Waals surface area (Å²) in [6, 6.07) is 16.3. The minimum Gasteiger partial charge on any atom is -0.352 e. The van der Waals surface area contributed by atoms with Crippen molar-refractivity contribution in [1.29, 1.82) is 0 Å². The fraction of sp³-hybridized carbons (Fsp3) is 0.250. The lowest BCUT2D eigenvalue weighted by Crippen LogP contribution is -2.38. The van der Waals surface area contributed by atoms with Crippen LogP contribution in [0, 0.1) is 5.82 Å². The monoisotopic (exact) mass is 434 g/mol. The number of benzene rings is 2. The van der Waals surface area contributed by atoms with Crippen molar-refractivity contribution in [1.82, 2.24) is 15.1 Å². The van der Waals surface area contributed by atoms with Crippen molar-refractivity contribution in [2.75, 3.05) is 4.90 Å². The van der Waals surface area contributed by atoms with Gasteiger partial charge in [0.2, 0.25) is 5.91 Å². The van der Waals surface area contributed by atoms with Gasteiger partial charge < -0.3 is 10.2 Å². The minimum atomic E-state index is -0.386. The number of aromatic nitrogens is 2. The third-order valence-electron chi connectivity index (χ3n) is 5.47. The average molecular weight is 434 g/mol. The second-order valence-corrected chi connectivity index (χ2v) is 7.79. The molecule has 0 fully saturated rings. The summed E-state index contributed by atoms with van der Waals surface area (Å²) in [5.74, 6) is -0.898. The number of aryl methyl sites for hydroxylation is 1. The number of carbonyl (C=O) groups is 2. The Morgan fingerprint density at radius 1 is 1.09 bits per heavy atom. The predicted octanol–water partition coefficient (Wildman–Crippen LogP) is 2.68. The van der Waals surface area contributed by atoms with Gasteiger partial charge in [-0.15, -0.1) is 0 Å². The van der Waals surface area contributed by atoms with Gasteiger partial charge in [-0.25, -0.2) is 9.07 Å². The number of para-hydroxylation sites is 1. The minimum absolute atomic E-state index is 0.0145.